The van der Waals surface area contributed by atoms with Crippen molar-refractivity contribution in [3.8, 4) is 11.6 Å². The molecule has 1 fully saturated rings. The maximum atomic E-state index is 13.3. The van der Waals surface area contributed by atoms with Crippen molar-refractivity contribution in [2.24, 2.45) is 0 Å². The molecule has 0 bridgehead atoms. The summed E-state index contributed by atoms with van der Waals surface area (Å²) in [6.07, 6.45) is 3.45. The molecule has 1 aliphatic heterocycles. The Balaban J connectivity index is 1.35. The van der Waals surface area contributed by atoms with Crippen LogP contribution in [0.3, 0.4) is 0 Å². The topological polar surface area (TPSA) is 72.1 Å². The number of rotatable bonds is 4. The lowest BCUT2D eigenvalue weighted by Crippen LogP contribution is -2.39. The smallest absolute Gasteiger partial charge is 0.276 e. The highest BCUT2D eigenvalue weighted by Crippen LogP contribution is 2.27. The fourth-order valence-electron chi connectivity index (χ4n) is 3.31. The Morgan fingerprint density at radius 3 is 2.78 bits per heavy atom. The van der Waals surface area contributed by atoms with Gasteiger partial charge < -0.3 is 9.42 Å². The lowest BCUT2D eigenvalue weighted by Gasteiger charge is -2.30. The van der Waals surface area contributed by atoms with Gasteiger partial charge in [0.25, 0.3) is 5.89 Å². The third-order valence-corrected chi connectivity index (χ3v) is 4.78. The second-order valence-corrected chi connectivity index (χ2v) is 6.63. The van der Waals surface area contributed by atoms with Gasteiger partial charge in [0.1, 0.15) is 11.5 Å². The number of nitrogens with zero attached hydrogens (tertiary/aromatic N) is 4. The van der Waals surface area contributed by atoms with Crippen molar-refractivity contribution in [1.29, 1.82) is 0 Å². The zero-order chi connectivity index (χ0) is 18.6. The van der Waals surface area contributed by atoms with Gasteiger partial charge in [0.2, 0.25) is 5.91 Å². The third kappa shape index (κ3) is 4.02. The minimum Gasteiger partial charge on any atom is -0.342 e. The van der Waals surface area contributed by atoms with Crippen LogP contribution < -0.4 is 0 Å². The summed E-state index contributed by atoms with van der Waals surface area (Å²) in [6, 6.07) is 11.7. The first kappa shape index (κ1) is 17.3. The molecule has 7 heteroatoms. The van der Waals surface area contributed by atoms with E-state index >= 15 is 0 Å². The maximum absolute atomic E-state index is 13.3. The fourth-order valence-corrected chi connectivity index (χ4v) is 3.31. The van der Waals surface area contributed by atoms with E-state index in [-0.39, 0.29) is 24.1 Å². The Kier molecular flexibility index (Phi) is 4.91. The molecule has 138 valence electrons. The second kappa shape index (κ2) is 7.65. The van der Waals surface area contributed by atoms with Gasteiger partial charge in [-0.25, -0.2) is 4.39 Å². The summed E-state index contributed by atoms with van der Waals surface area (Å²) in [7, 11) is 0. The van der Waals surface area contributed by atoms with Crippen molar-refractivity contribution >= 4 is 5.91 Å². The van der Waals surface area contributed by atoms with Gasteiger partial charge in [0.15, 0.2) is 5.82 Å². The highest BCUT2D eigenvalue weighted by Gasteiger charge is 2.27. The zero-order valence-electron chi connectivity index (χ0n) is 14.7. The predicted octanol–water partition coefficient (Wildman–Crippen LogP) is 3.22. The number of amides is 1. The van der Waals surface area contributed by atoms with Gasteiger partial charge in [-0.2, -0.15) is 4.98 Å². The number of hydrogen-bond donors (Lipinski definition) is 0. The molecule has 4 rings (SSSR count). The van der Waals surface area contributed by atoms with Crippen LogP contribution in [0.2, 0.25) is 0 Å². The second-order valence-electron chi connectivity index (χ2n) is 6.63. The number of carbonyl (C=O) groups is 1. The zero-order valence-corrected chi connectivity index (χ0v) is 14.7. The Hall–Kier alpha value is -3.09. The average molecular weight is 366 g/mol. The standard InChI is InChI=1S/C20H19FN4O2/c21-16-5-3-4-14(12-16)13-18(26)25-10-7-15(8-11-25)19-23-20(27-24-19)17-6-1-2-9-22-17/h1-6,9,12,15H,7-8,10-11,13H2. The van der Waals surface area contributed by atoms with Crippen LogP contribution >= 0.6 is 0 Å². The van der Waals surface area contributed by atoms with Crippen LogP contribution in [0.15, 0.2) is 53.2 Å². The summed E-state index contributed by atoms with van der Waals surface area (Å²) in [6.45, 7) is 1.26. The Labute approximate surface area is 156 Å². The lowest BCUT2D eigenvalue weighted by atomic mass is 9.95. The summed E-state index contributed by atoms with van der Waals surface area (Å²) >= 11 is 0. The molecule has 1 aliphatic rings. The average Bonchev–Trinajstić information content (AvgIpc) is 3.19. The van der Waals surface area contributed by atoms with Gasteiger partial charge in [-0.1, -0.05) is 23.4 Å². The monoisotopic (exact) mass is 366 g/mol. The van der Waals surface area contributed by atoms with E-state index in [4.69, 9.17) is 4.52 Å². The molecule has 0 aliphatic carbocycles. The molecule has 3 aromatic rings. The van der Waals surface area contributed by atoms with Crippen LogP contribution in [0.5, 0.6) is 0 Å². The van der Waals surface area contributed by atoms with E-state index in [1.165, 1.54) is 12.1 Å². The summed E-state index contributed by atoms with van der Waals surface area (Å²) in [5, 5.41) is 4.09. The predicted molar refractivity (Wildman–Crippen MR) is 96.2 cm³/mol. The van der Waals surface area contributed by atoms with Crippen molar-refractivity contribution in [3.05, 3.63) is 65.9 Å². The van der Waals surface area contributed by atoms with Crippen LogP contribution in [0.1, 0.15) is 30.1 Å². The Morgan fingerprint density at radius 2 is 2.04 bits per heavy atom. The van der Waals surface area contributed by atoms with E-state index in [1.54, 1.807) is 18.3 Å². The van der Waals surface area contributed by atoms with Crippen molar-refractivity contribution in [2.75, 3.05) is 13.1 Å². The SMILES string of the molecule is O=C(Cc1cccc(F)c1)N1CCC(c2noc(-c3ccccn3)n2)CC1. The van der Waals surface area contributed by atoms with Crippen molar-refractivity contribution < 1.29 is 13.7 Å². The summed E-state index contributed by atoms with van der Waals surface area (Å²) in [4.78, 5) is 23.0. The first-order valence-electron chi connectivity index (χ1n) is 8.96. The van der Waals surface area contributed by atoms with E-state index in [1.807, 2.05) is 23.1 Å². The molecule has 1 aromatic carbocycles. The molecule has 0 atom stereocenters. The minimum atomic E-state index is -0.320. The minimum absolute atomic E-state index is 0.0151. The molecular formula is C20H19FN4O2. The van der Waals surface area contributed by atoms with Gasteiger partial charge >= 0.3 is 0 Å². The van der Waals surface area contributed by atoms with Crippen molar-refractivity contribution in [1.82, 2.24) is 20.0 Å². The van der Waals surface area contributed by atoms with Gasteiger partial charge in [-0.15, -0.1) is 0 Å². The van der Waals surface area contributed by atoms with Crippen LogP contribution in [-0.2, 0) is 11.2 Å². The van der Waals surface area contributed by atoms with Gasteiger partial charge in [0.05, 0.1) is 6.42 Å². The van der Waals surface area contributed by atoms with E-state index < -0.39 is 0 Å². The molecule has 0 N–H and O–H groups in total. The molecule has 27 heavy (non-hydrogen) atoms. The lowest BCUT2D eigenvalue weighted by molar-refractivity contribution is -0.131. The van der Waals surface area contributed by atoms with E-state index in [0.717, 1.165) is 12.8 Å². The number of halogens is 1. The summed E-state index contributed by atoms with van der Waals surface area (Å²) < 4.78 is 18.6. The molecule has 1 saturated heterocycles. The Bertz CT molecular complexity index is 920. The van der Waals surface area contributed by atoms with Crippen LogP contribution in [0.4, 0.5) is 4.39 Å². The summed E-state index contributed by atoms with van der Waals surface area (Å²) in [5.74, 6) is 0.925. The van der Waals surface area contributed by atoms with Gasteiger partial charge in [0, 0.05) is 25.2 Å². The molecule has 2 aromatic heterocycles. The number of carbonyl (C=O) groups excluding carboxylic acids is 1. The molecule has 0 spiro atoms. The summed E-state index contributed by atoms with van der Waals surface area (Å²) in [5.41, 5.74) is 1.35. The molecular weight excluding hydrogens is 347 g/mol. The van der Waals surface area contributed by atoms with E-state index in [2.05, 4.69) is 15.1 Å². The number of benzene rings is 1. The third-order valence-electron chi connectivity index (χ3n) is 4.78. The maximum Gasteiger partial charge on any atom is 0.276 e. The van der Waals surface area contributed by atoms with Crippen LogP contribution in [-0.4, -0.2) is 39.0 Å². The highest BCUT2D eigenvalue weighted by molar-refractivity contribution is 5.78. The highest BCUT2D eigenvalue weighted by atomic mass is 19.1. The fraction of sp³-hybridized carbons (Fsp3) is 0.300. The van der Waals surface area contributed by atoms with Gasteiger partial charge in [-0.05, 0) is 42.7 Å². The van der Waals surface area contributed by atoms with Crippen LogP contribution in [0, 0.1) is 5.82 Å². The van der Waals surface area contributed by atoms with E-state index in [9.17, 15) is 9.18 Å². The molecule has 6 nitrogen and oxygen atoms in total. The number of aromatic nitrogens is 3. The first-order valence-corrected chi connectivity index (χ1v) is 8.96. The molecule has 1 amide bonds. The number of likely N-dealkylation sites (tertiary alicyclic amines) is 1. The molecule has 0 saturated carbocycles. The van der Waals surface area contributed by atoms with Gasteiger partial charge in [-0.3, -0.25) is 9.78 Å². The first-order chi connectivity index (χ1) is 13.2. The van der Waals surface area contributed by atoms with Crippen molar-refractivity contribution in [3.63, 3.8) is 0 Å². The number of pyridine rings is 1. The number of hydrogen-bond acceptors (Lipinski definition) is 5. The molecule has 0 unspecified atom stereocenters. The normalized spacial score (nSPS) is 15.1. The molecule has 3 heterocycles. The Morgan fingerprint density at radius 1 is 1.19 bits per heavy atom. The largest absolute Gasteiger partial charge is 0.342 e. The van der Waals surface area contributed by atoms with Crippen LogP contribution in [0.25, 0.3) is 11.6 Å². The molecule has 0 radical (unpaired) electrons. The number of piperidine rings is 1. The quantitative estimate of drug-likeness (QED) is 0.709. The van der Waals surface area contributed by atoms with E-state index in [0.29, 0.717) is 36.1 Å². The van der Waals surface area contributed by atoms with Crippen molar-refractivity contribution in [2.45, 2.75) is 25.2 Å².